The molecule has 0 saturated carbocycles. The lowest BCUT2D eigenvalue weighted by Crippen LogP contribution is -2.26. The summed E-state index contributed by atoms with van der Waals surface area (Å²) in [5, 5.41) is 5.27. The lowest BCUT2D eigenvalue weighted by Gasteiger charge is -2.17. The molecule has 0 radical (unpaired) electrons. The van der Waals surface area contributed by atoms with Crippen molar-refractivity contribution in [1.82, 2.24) is 19.7 Å². The van der Waals surface area contributed by atoms with Crippen LogP contribution in [0.5, 0.6) is 0 Å². The molecule has 7 heteroatoms. The highest BCUT2D eigenvalue weighted by Crippen LogP contribution is 2.33. The van der Waals surface area contributed by atoms with Crippen LogP contribution in [-0.2, 0) is 6.54 Å². The van der Waals surface area contributed by atoms with Crippen molar-refractivity contribution >= 4 is 28.3 Å². The number of aryl methyl sites for hydroxylation is 2. The Hall–Kier alpha value is -2.93. The van der Waals surface area contributed by atoms with E-state index in [4.69, 9.17) is 9.40 Å². The third kappa shape index (κ3) is 3.58. The maximum absolute atomic E-state index is 13.4. The van der Waals surface area contributed by atoms with E-state index in [-0.39, 0.29) is 11.9 Å². The van der Waals surface area contributed by atoms with Crippen molar-refractivity contribution < 1.29 is 9.21 Å². The second-order valence-electron chi connectivity index (χ2n) is 7.54. The van der Waals surface area contributed by atoms with Gasteiger partial charge in [0.05, 0.1) is 35.6 Å². The van der Waals surface area contributed by atoms with E-state index in [9.17, 15) is 4.79 Å². The molecule has 4 aromatic heterocycles. The minimum Gasteiger partial charge on any atom is -0.467 e. The fraction of sp³-hybridized carbons (Fsp3) is 0.318. The lowest BCUT2D eigenvalue weighted by atomic mass is 10.1. The van der Waals surface area contributed by atoms with Crippen LogP contribution in [0, 0.1) is 13.8 Å². The van der Waals surface area contributed by atoms with Gasteiger partial charge in [-0.1, -0.05) is 0 Å². The Morgan fingerprint density at radius 1 is 1.31 bits per heavy atom. The highest BCUT2D eigenvalue weighted by Gasteiger charge is 2.22. The van der Waals surface area contributed by atoms with Crippen LogP contribution in [0.25, 0.3) is 22.3 Å². The molecule has 0 spiro atoms. The first kappa shape index (κ1) is 19.4. The Labute approximate surface area is 173 Å². The Kier molecular flexibility index (Phi) is 5.00. The molecule has 0 N–H and O–H groups in total. The van der Waals surface area contributed by atoms with Crippen molar-refractivity contribution in [3.63, 3.8) is 0 Å². The van der Waals surface area contributed by atoms with Gasteiger partial charge in [0, 0.05) is 28.4 Å². The largest absolute Gasteiger partial charge is 0.467 e. The maximum atomic E-state index is 13.4. The quantitative estimate of drug-likeness (QED) is 0.454. The number of rotatable bonds is 5. The normalized spacial score (nSPS) is 11.5. The summed E-state index contributed by atoms with van der Waals surface area (Å²) in [6.45, 7) is 8.70. The molecule has 0 saturated heterocycles. The highest BCUT2D eigenvalue weighted by atomic mass is 32.1. The molecule has 4 heterocycles. The smallest absolute Gasteiger partial charge is 0.254 e. The van der Waals surface area contributed by atoms with E-state index >= 15 is 0 Å². The summed E-state index contributed by atoms with van der Waals surface area (Å²) in [5.41, 5.74) is 3.20. The summed E-state index contributed by atoms with van der Waals surface area (Å²) in [7, 11) is 1.78. The van der Waals surface area contributed by atoms with E-state index in [1.54, 1.807) is 35.7 Å². The van der Waals surface area contributed by atoms with E-state index in [0.29, 0.717) is 12.1 Å². The van der Waals surface area contributed by atoms with Crippen LogP contribution in [0.2, 0.25) is 0 Å². The van der Waals surface area contributed by atoms with Crippen LogP contribution in [0.15, 0.2) is 41.1 Å². The number of fused-ring (bicyclic) bond motifs is 1. The fourth-order valence-corrected chi connectivity index (χ4v) is 4.44. The summed E-state index contributed by atoms with van der Waals surface area (Å²) in [6, 6.07) is 7.86. The number of amides is 1. The first-order valence-electron chi connectivity index (χ1n) is 9.58. The third-order valence-corrected chi connectivity index (χ3v) is 5.89. The highest BCUT2D eigenvalue weighted by molar-refractivity contribution is 7.12. The van der Waals surface area contributed by atoms with Gasteiger partial charge in [-0.15, -0.1) is 11.3 Å². The molecule has 6 nitrogen and oxygen atoms in total. The number of pyridine rings is 1. The van der Waals surface area contributed by atoms with Gasteiger partial charge in [0.2, 0.25) is 0 Å². The van der Waals surface area contributed by atoms with E-state index in [1.165, 1.54) is 9.75 Å². The van der Waals surface area contributed by atoms with Crippen molar-refractivity contribution in [3.8, 4) is 11.3 Å². The topological polar surface area (TPSA) is 64.2 Å². The average Bonchev–Trinajstić information content (AvgIpc) is 3.40. The summed E-state index contributed by atoms with van der Waals surface area (Å²) >= 11 is 1.74. The van der Waals surface area contributed by atoms with Gasteiger partial charge in [-0.3, -0.25) is 4.79 Å². The van der Waals surface area contributed by atoms with Gasteiger partial charge in [0.1, 0.15) is 5.76 Å². The molecular weight excluding hydrogens is 384 g/mol. The third-order valence-electron chi connectivity index (χ3n) is 4.92. The van der Waals surface area contributed by atoms with Crippen LogP contribution in [0.3, 0.4) is 0 Å². The number of furan rings is 1. The maximum Gasteiger partial charge on any atom is 0.254 e. The van der Waals surface area contributed by atoms with Crippen molar-refractivity contribution in [1.29, 1.82) is 0 Å². The fourth-order valence-electron chi connectivity index (χ4n) is 3.51. The minimum atomic E-state index is -0.0806. The molecule has 29 heavy (non-hydrogen) atoms. The number of hydrogen-bond donors (Lipinski definition) is 0. The molecule has 0 aromatic carbocycles. The molecule has 0 bridgehead atoms. The second-order valence-corrected chi connectivity index (χ2v) is 9.00. The van der Waals surface area contributed by atoms with Crippen molar-refractivity contribution in [2.45, 2.75) is 40.3 Å². The Bertz CT molecular complexity index is 1170. The molecule has 0 aliphatic carbocycles. The zero-order valence-electron chi connectivity index (χ0n) is 17.3. The summed E-state index contributed by atoms with van der Waals surface area (Å²) in [6.07, 6.45) is 3.36. The van der Waals surface area contributed by atoms with Crippen LogP contribution >= 0.6 is 11.3 Å². The average molecular weight is 409 g/mol. The molecule has 4 rings (SSSR count). The van der Waals surface area contributed by atoms with Gasteiger partial charge in [-0.25, -0.2) is 9.67 Å². The van der Waals surface area contributed by atoms with Crippen LogP contribution in [-0.4, -0.2) is 32.6 Å². The first-order valence-corrected chi connectivity index (χ1v) is 10.4. The Balaban J connectivity index is 1.85. The van der Waals surface area contributed by atoms with E-state index in [1.807, 2.05) is 22.9 Å². The van der Waals surface area contributed by atoms with E-state index < -0.39 is 0 Å². The van der Waals surface area contributed by atoms with Crippen molar-refractivity contribution in [2.24, 2.45) is 0 Å². The molecule has 0 aliphatic rings. The van der Waals surface area contributed by atoms with E-state index in [2.05, 4.69) is 38.9 Å². The monoisotopic (exact) mass is 408 g/mol. The Morgan fingerprint density at radius 2 is 2.10 bits per heavy atom. The van der Waals surface area contributed by atoms with Gasteiger partial charge in [-0.2, -0.15) is 5.10 Å². The molecule has 0 unspecified atom stereocenters. The minimum absolute atomic E-state index is 0.0806. The van der Waals surface area contributed by atoms with Crippen LogP contribution < -0.4 is 0 Å². The molecule has 0 atom stereocenters. The molecule has 0 aliphatic heterocycles. The number of nitrogens with zero attached hydrogens (tertiary/aromatic N) is 4. The summed E-state index contributed by atoms with van der Waals surface area (Å²) in [4.78, 5) is 22.3. The number of thiophene rings is 1. The summed E-state index contributed by atoms with van der Waals surface area (Å²) < 4.78 is 7.28. The van der Waals surface area contributed by atoms with Crippen LogP contribution in [0.1, 0.15) is 45.8 Å². The van der Waals surface area contributed by atoms with Gasteiger partial charge in [0.25, 0.3) is 5.91 Å². The van der Waals surface area contributed by atoms with Gasteiger partial charge >= 0.3 is 0 Å². The zero-order valence-corrected chi connectivity index (χ0v) is 18.1. The molecule has 1 amide bonds. The predicted molar refractivity (Wildman–Crippen MR) is 115 cm³/mol. The standard InChI is InChI=1S/C22H24N4O2S/c1-13(2)26-21-19(11-23-26)18(22(27)25(5)12-16-7-6-8-28-16)10-20(24-21)17-9-14(3)29-15(17)4/h6-11,13H,12H2,1-5H3. The molecule has 0 fully saturated rings. The SMILES string of the molecule is Cc1cc(-c2cc(C(=O)N(C)Cc3ccco3)c3cnn(C(C)C)c3n2)c(C)s1. The molecule has 150 valence electrons. The second kappa shape index (κ2) is 7.48. The van der Waals surface area contributed by atoms with Crippen molar-refractivity contribution in [2.75, 3.05) is 7.05 Å². The zero-order chi connectivity index (χ0) is 20.7. The van der Waals surface area contributed by atoms with Crippen molar-refractivity contribution in [3.05, 3.63) is 57.8 Å². The molecule has 4 aromatic rings. The Morgan fingerprint density at radius 3 is 2.72 bits per heavy atom. The number of aromatic nitrogens is 3. The van der Waals surface area contributed by atoms with Gasteiger partial charge in [0.15, 0.2) is 5.65 Å². The first-order chi connectivity index (χ1) is 13.8. The van der Waals surface area contributed by atoms with E-state index in [0.717, 1.165) is 28.1 Å². The van der Waals surface area contributed by atoms with Crippen LogP contribution in [0.4, 0.5) is 0 Å². The molecular formula is C22H24N4O2S. The lowest BCUT2D eigenvalue weighted by molar-refractivity contribution is 0.0777. The number of carbonyl (C=O) groups is 1. The van der Waals surface area contributed by atoms with Gasteiger partial charge < -0.3 is 9.32 Å². The van der Waals surface area contributed by atoms with Gasteiger partial charge in [-0.05, 0) is 52.0 Å². The summed E-state index contributed by atoms with van der Waals surface area (Å²) in [5.74, 6) is 0.663. The number of hydrogen-bond acceptors (Lipinski definition) is 5. The predicted octanol–water partition coefficient (Wildman–Crippen LogP) is 5.22. The number of carbonyl (C=O) groups excluding carboxylic acids is 1.